The van der Waals surface area contributed by atoms with E-state index >= 15 is 0 Å². The molecule has 0 spiro atoms. The monoisotopic (exact) mass is 598 g/mol. The van der Waals surface area contributed by atoms with Gasteiger partial charge in [-0.1, -0.05) is 52.5 Å². The second-order valence-electron chi connectivity index (χ2n) is 11.1. The number of nitrogens with zero attached hydrogens (tertiary/aromatic N) is 2. The molecule has 2 fully saturated rings. The summed E-state index contributed by atoms with van der Waals surface area (Å²) in [5.74, 6) is 3.85. The van der Waals surface area contributed by atoms with Crippen molar-refractivity contribution in [1.82, 2.24) is 4.98 Å². The lowest BCUT2D eigenvalue weighted by Gasteiger charge is -2.25. The summed E-state index contributed by atoms with van der Waals surface area (Å²) in [6.45, 7) is 12.0. The number of hydrogen-bond acceptors (Lipinski definition) is 7. The molecule has 1 unspecified atom stereocenters. The van der Waals surface area contributed by atoms with E-state index in [9.17, 15) is 14.7 Å². The van der Waals surface area contributed by atoms with Gasteiger partial charge in [0.1, 0.15) is 33.3 Å². The average molecular weight is 598 g/mol. The number of anilines is 3. The topological polar surface area (TPSA) is 136 Å². The second-order valence-corrected chi connectivity index (χ2v) is 11.1. The van der Waals surface area contributed by atoms with Crippen LogP contribution in [0.5, 0.6) is 0 Å². The number of aromatic nitrogens is 1. The fourth-order valence-electron chi connectivity index (χ4n) is 4.09. The second kappa shape index (κ2) is 16.3. The zero-order chi connectivity index (χ0) is 33.2. The number of hydrogen-bond donors (Lipinski definition) is 4. The van der Waals surface area contributed by atoms with Gasteiger partial charge in [-0.2, -0.15) is 0 Å². The number of carbonyl (C=O) groups excluding carboxylic acids is 1. The Morgan fingerprint density at radius 2 is 1.77 bits per heavy atom. The first-order valence-electron chi connectivity index (χ1n) is 15.2. The molecule has 2 aliphatic rings. The highest BCUT2D eigenvalue weighted by Gasteiger charge is 2.32. The Morgan fingerprint density at radius 3 is 2.25 bits per heavy atom. The molecule has 1 atom stereocenters. The van der Waals surface area contributed by atoms with Crippen molar-refractivity contribution in [2.75, 3.05) is 17.3 Å². The third kappa shape index (κ3) is 11.1. The first-order valence-corrected chi connectivity index (χ1v) is 15.2. The molecule has 1 aromatic carbocycles. The van der Waals surface area contributed by atoms with E-state index in [0.29, 0.717) is 17.8 Å². The van der Waals surface area contributed by atoms with Crippen molar-refractivity contribution in [2.24, 2.45) is 5.92 Å². The molecule has 0 saturated heterocycles. The molecule has 9 nitrogen and oxygen atoms in total. The Morgan fingerprint density at radius 1 is 1.18 bits per heavy atom. The molecule has 11 heteroatoms. The van der Waals surface area contributed by atoms with Gasteiger partial charge in [0.05, 0.1) is 17.8 Å². The van der Waals surface area contributed by atoms with Crippen LogP contribution in [0.25, 0.3) is 0 Å². The number of aliphatic hydroxyl groups is 1. The lowest BCUT2D eigenvalue weighted by Crippen LogP contribution is -2.30. The van der Waals surface area contributed by atoms with Gasteiger partial charge in [-0.15, -0.1) is 0 Å². The zero-order valence-electron chi connectivity index (χ0n) is 27.0. The highest BCUT2D eigenvalue weighted by atomic mass is 16.5. The van der Waals surface area contributed by atoms with Crippen LogP contribution in [0.15, 0.2) is 24.3 Å². The van der Waals surface area contributed by atoms with E-state index in [4.69, 9.17) is 30.9 Å². The lowest BCUT2D eigenvalue weighted by atomic mass is 9.66. The molecule has 1 heterocycles. The Labute approximate surface area is 264 Å². The fourth-order valence-corrected chi connectivity index (χ4v) is 4.09. The number of carbonyl (C=O) groups is 2. The van der Waals surface area contributed by atoms with Crippen LogP contribution in [-0.2, 0) is 14.3 Å². The molecule has 1 amide bonds. The maximum absolute atomic E-state index is 13.5. The van der Waals surface area contributed by atoms with Crippen molar-refractivity contribution in [3.05, 3.63) is 46.6 Å². The van der Waals surface area contributed by atoms with Crippen molar-refractivity contribution < 1.29 is 24.5 Å². The van der Waals surface area contributed by atoms with Crippen LogP contribution in [0, 0.1) is 37.0 Å². The minimum atomic E-state index is -2.37. The molecule has 232 valence electrons. The molecule has 4 rings (SSSR count). The summed E-state index contributed by atoms with van der Waals surface area (Å²) < 4.78 is 5.64. The first-order chi connectivity index (χ1) is 20.7. The number of aliphatic carboxylic acids is 1. The van der Waals surface area contributed by atoms with Gasteiger partial charge in [-0.05, 0) is 85.8 Å². The summed E-state index contributed by atoms with van der Waals surface area (Å²) in [6.07, 6.45) is 4.30. The van der Waals surface area contributed by atoms with Crippen molar-refractivity contribution in [2.45, 2.75) is 97.5 Å². The molecule has 2 aromatic rings. The summed E-state index contributed by atoms with van der Waals surface area (Å²) in [7, 11) is 12.4. The van der Waals surface area contributed by atoms with E-state index in [0.717, 1.165) is 35.4 Å². The SMILES string of the molecule is CC.CC1CC1.[B]C([B])(O)C#CC(=O)N(c1ccc(NC)c(C(=N)OC(CC)CC(=O)O)n1)c1cc(C)c(C)cc1C1CC1. The van der Waals surface area contributed by atoms with Gasteiger partial charge in [0.15, 0.2) is 0 Å². The smallest absolute Gasteiger partial charge is 0.308 e. The normalized spacial score (nSPS) is 14.3. The average Bonchev–Trinajstić information content (AvgIpc) is 3.91. The molecule has 44 heavy (non-hydrogen) atoms. The number of rotatable bonds is 9. The van der Waals surface area contributed by atoms with Gasteiger partial charge in [0, 0.05) is 12.4 Å². The fraction of sp³-hybridized carbons (Fsp3) is 0.515. The molecule has 0 aliphatic heterocycles. The van der Waals surface area contributed by atoms with E-state index < -0.39 is 23.4 Å². The molecule has 2 aliphatic carbocycles. The van der Waals surface area contributed by atoms with Gasteiger partial charge in [-0.3, -0.25) is 19.9 Å². The molecular formula is C33H44B2N4O5. The minimum Gasteiger partial charge on any atom is -0.481 e. The number of benzene rings is 1. The van der Waals surface area contributed by atoms with Crippen molar-refractivity contribution in [3.63, 3.8) is 0 Å². The van der Waals surface area contributed by atoms with Gasteiger partial charge in [-0.25, -0.2) is 4.98 Å². The summed E-state index contributed by atoms with van der Waals surface area (Å²) in [6, 6.07) is 7.17. The van der Waals surface area contributed by atoms with Gasteiger partial charge in [0.25, 0.3) is 0 Å². The van der Waals surface area contributed by atoms with Crippen molar-refractivity contribution in [3.8, 4) is 11.8 Å². The molecule has 1 aromatic heterocycles. The number of nitrogens with one attached hydrogen (secondary N) is 2. The van der Waals surface area contributed by atoms with Crippen LogP contribution >= 0.6 is 0 Å². The number of aryl methyl sites for hydroxylation is 2. The number of ether oxygens (including phenoxy) is 1. The highest BCUT2D eigenvalue weighted by Crippen LogP contribution is 2.46. The number of carboxylic acid groups (broad SMARTS) is 1. The van der Waals surface area contributed by atoms with Gasteiger partial charge < -0.3 is 20.3 Å². The van der Waals surface area contributed by atoms with Crippen LogP contribution in [0.2, 0.25) is 0 Å². The summed E-state index contributed by atoms with van der Waals surface area (Å²) in [5.41, 5.74) is 4.10. The molecule has 2 saturated carbocycles. The molecule has 4 radical (unpaired) electrons. The Kier molecular flexibility index (Phi) is 13.5. The quantitative estimate of drug-likeness (QED) is 0.133. The minimum absolute atomic E-state index is 0.0885. The highest BCUT2D eigenvalue weighted by molar-refractivity contribution is 6.41. The van der Waals surface area contributed by atoms with Crippen molar-refractivity contribution in [1.29, 1.82) is 5.41 Å². The zero-order valence-corrected chi connectivity index (χ0v) is 27.0. The maximum Gasteiger partial charge on any atom is 0.308 e. The summed E-state index contributed by atoms with van der Waals surface area (Å²) in [5, 5.41) is 27.9. The van der Waals surface area contributed by atoms with Crippen LogP contribution in [0.4, 0.5) is 17.2 Å². The van der Waals surface area contributed by atoms with E-state index in [1.807, 2.05) is 39.8 Å². The van der Waals surface area contributed by atoms with E-state index in [1.165, 1.54) is 17.7 Å². The predicted octanol–water partition coefficient (Wildman–Crippen LogP) is 5.31. The van der Waals surface area contributed by atoms with Crippen molar-refractivity contribution >= 4 is 50.7 Å². The van der Waals surface area contributed by atoms with E-state index in [-0.39, 0.29) is 29.7 Å². The number of pyridine rings is 1. The van der Waals surface area contributed by atoms with Gasteiger partial charge >= 0.3 is 11.9 Å². The van der Waals surface area contributed by atoms with Crippen LogP contribution in [0.3, 0.4) is 0 Å². The summed E-state index contributed by atoms with van der Waals surface area (Å²) in [4.78, 5) is 30.6. The number of carboxylic acids is 1. The maximum atomic E-state index is 13.5. The Hall–Kier alpha value is -3.77. The number of amides is 1. The largest absolute Gasteiger partial charge is 0.481 e. The van der Waals surface area contributed by atoms with E-state index in [2.05, 4.69) is 29.1 Å². The molecule has 0 bridgehead atoms. The van der Waals surface area contributed by atoms with Crippen LogP contribution in [-0.4, -0.2) is 67.2 Å². The van der Waals surface area contributed by atoms with Gasteiger partial charge in [0.2, 0.25) is 5.90 Å². The molecule has 4 N–H and O–H groups in total. The third-order valence-corrected chi connectivity index (χ3v) is 7.08. The van der Waals surface area contributed by atoms with Crippen LogP contribution in [0.1, 0.15) is 94.5 Å². The predicted molar refractivity (Wildman–Crippen MR) is 177 cm³/mol. The Bertz CT molecular complexity index is 1390. The first kappa shape index (κ1) is 36.4. The summed E-state index contributed by atoms with van der Waals surface area (Å²) >= 11 is 0. The Balaban J connectivity index is 0.00000102. The van der Waals surface area contributed by atoms with Crippen LogP contribution < -0.4 is 10.2 Å². The third-order valence-electron chi connectivity index (χ3n) is 7.08. The standard InChI is InChI=1S/C27H30B2N4O5.C4H8.C2H6/c1-5-18(14-24(35)36)38-26(30)25-20(31-4)8-9-22(32-25)33(23(34)10-11-27(28,29)37)21-13-16(3)15(2)12-19(21)17-6-7-17;1-4-2-3-4;1-2/h8-9,12-13,17-18,30-31,37H,5-7,14H2,1-4H3,(H,35,36);4H,2-3H2,1H3;1-2H3. The lowest BCUT2D eigenvalue weighted by molar-refractivity contribution is -0.139. The molecular weight excluding hydrogens is 554 g/mol. The van der Waals surface area contributed by atoms with E-state index in [1.54, 1.807) is 26.1 Å².